The normalized spacial score (nSPS) is 18.2. The zero-order chi connectivity index (χ0) is 18.3. The predicted molar refractivity (Wildman–Crippen MR) is 106 cm³/mol. The Balaban J connectivity index is 2.10. The van der Waals surface area contributed by atoms with Crippen LogP contribution in [0.4, 0.5) is 0 Å². The number of hydrogen-bond acceptors (Lipinski definition) is 2. The van der Waals surface area contributed by atoms with Crippen LogP contribution < -0.4 is 0 Å². The number of Topliss-reactive ketones (excluding diaryl/α,β-unsaturated/α-hetero) is 1. The Labute approximate surface area is 155 Å². The van der Waals surface area contributed by atoms with Crippen molar-refractivity contribution < 1.29 is 9.59 Å². The van der Waals surface area contributed by atoms with Crippen molar-refractivity contribution in [2.45, 2.75) is 97.3 Å². The highest BCUT2D eigenvalue weighted by molar-refractivity contribution is 6.14. The monoisotopic (exact) mass is 345 g/mol. The summed E-state index contributed by atoms with van der Waals surface area (Å²) in [5.41, 5.74) is 0.213. The summed E-state index contributed by atoms with van der Waals surface area (Å²) in [6.07, 6.45) is 24.1. The fourth-order valence-corrected chi connectivity index (χ4v) is 3.78. The molecule has 1 radical (unpaired) electrons. The van der Waals surface area contributed by atoms with Crippen LogP contribution in [0, 0.1) is 11.8 Å². The number of unbranched alkanes of at least 4 members (excludes halogenated alkanes) is 10. The van der Waals surface area contributed by atoms with Crippen LogP contribution >= 0.6 is 0 Å². The summed E-state index contributed by atoms with van der Waals surface area (Å²) in [5.74, 6) is 0.210. The van der Waals surface area contributed by atoms with Crippen molar-refractivity contribution >= 4 is 12.1 Å². The van der Waals surface area contributed by atoms with E-state index in [2.05, 4.69) is 13.8 Å². The average molecular weight is 346 g/mol. The first-order chi connectivity index (χ1) is 12.2. The van der Waals surface area contributed by atoms with Gasteiger partial charge in [0.15, 0.2) is 5.78 Å². The molecule has 0 fully saturated rings. The van der Waals surface area contributed by atoms with Gasteiger partial charge in [-0.2, -0.15) is 0 Å². The summed E-state index contributed by atoms with van der Waals surface area (Å²) in [5, 5.41) is 0. The molecule has 1 rings (SSSR count). The number of hydrogen-bond donors (Lipinski definition) is 0. The van der Waals surface area contributed by atoms with Crippen molar-refractivity contribution in [3.63, 3.8) is 0 Å². The van der Waals surface area contributed by atoms with E-state index < -0.39 is 0 Å². The quantitative estimate of drug-likeness (QED) is 0.250. The Morgan fingerprint density at radius 2 is 1.48 bits per heavy atom. The maximum atomic E-state index is 12.3. The van der Waals surface area contributed by atoms with E-state index in [1.54, 1.807) is 12.4 Å². The zero-order valence-corrected chi connectivity index (χ0v) is 16.4. The number of rotatable bonds is 15. The fourth-order valence-electron chi connectivity index (χ4n) is 3.78. The van der Waals surface area contributed by atoms with Gasteiger partial charge in [0.25, 0.3) is 0 Å². The average Bonchev–Trinajstić information content (AvgIpc) is 2.63. The molecular weight excluding hydrogens is 308 g/mol. The standard InChI is InChI=1S/C23H37O2/c1-3-5-6-7-8-9-10-11-12-13-14-16-20(4-2)22-18-15-17-21(19-24)23(22)25/h15,17-18,20,22H,3-14,16H2,1-2H3. The molecule has 0 N–H and O–H groups in total. The maximum Gasteiger partial charge on any atom is 0.237 e. The van der Waals surface area contributed by atoms with Crippen molar-refractivity contribution in [1.29, 1.82) is 0 Å². The minimum atomic E-state index is -0.116. The van der Waals surface area contributed by atoms with Crippen molar-refractivity contribution in [3.8, 4) is 0 Å². The molecule has 0 aliphatic heterocycles. The molecule has 1 aliphatic rings. The van der Waals surface area contributed by atoms with Crippen LogP contribution in [0.5, 0.6) is 0 Å². The second-order valence-corrected chi connectivity index (χ2v) is 7.45. The van der Waals surface area contributed by atoms with Crippen molar-refractivity contribution in [1.82, 2.24) is 0 Å². The summed E-state index contributed by atoms with van der Waals surface area (Å²) in [6, 6.07) is 0. The SMILES string of the molecule is CCCCCCCCCCCCCC(CC)C1C=CC=C([C]=O)C1=O. The van der Waals surface area contributed by atoms with Crippen LogP contribution in [0.25, 0.3) is 0 Å². The van der Waals surface area contributed by atoms with Crippen molar-refractivity contribution in [2.24, 2.45) is 11.8 Å². The molecule has 2 heteroatoms. The van der Waals surface area contributed by atoms with Crippen molar-refractivity contribution in [3.05, 3.63) is 23.8 Å². The molecule has 2 unspecified atom stereocenters. The summed E-state index contributed by atoms with van der Waals surface area (Å²) in [6.45, 7) is 4.41. The predicted octanol–water partition coefficient (Wildman–Crippen LogP) is 6.50. The highest BCUT2D eigenvalue weighted by Gasteiger charge is 2.28. The van der Waals surface area contributed by atoms with Gasteiger partial charge in [0, 0.05) is 5.92 Å². The molecule has 2 atom stereocenters. The number of carbonyl (C=O) groups is 1. The molecule has 0 heterocycles. The van der Waals surface area contributed by atoms with E-state index in [0.29, 0.717) is 5.92 Å². The number of carbonyl (C=O) groups excluding carboxylic acids is 2. The van der Waals surface area contributed by atoms with Gasteiger partial charge in [-0.1, -0.05) is 103 Å². The second kappa shape index (κ2) is 14.0. The molecule has 141 valence electrons. The van der Waals surface area contributed by atoms with E-state index in [1.165, 1.54) is 70.6 Å². The van der Waals surface area contributed by atoms with Gasteiger partial charge in [-0.25, -0.2) is 0 Å². The Hall–Kier alpha value is -1.18. The lowest BCUT2D eigenvalue weighted by Gasteiger charge is -2.24. The molecule has 0 saturated heterocycles. The molecule has 0 aromatic carbocycles. The summed E-state index contributed by atoms with van der Waals surface area (Å²) in [4.78, 5) is 23.1. The summed E-state index contributed by atoms with van der Waals surface area (Å²) < 4.78 is 0. The summed E-state index contributed by atoms with van der Waals surface area (Å²) in [7, 11) is 0. The minimum Gasteiger partial charge on any atom is -0.293 e. The van der Waals surface area contributed by atoms with Crippen LogP contribution in [-0.4, -0.2) is 12.1 Å². The molecule has 1 aliphatic carbocycles. The Morgan fingerprint density at radius 3 is 2.00 bits per heavy atom. The fraction of sp³-hybridized carbons (Fsp3) is 0.739. The van der Waals surface area contributed by atoms with Gasteiger partial charge in [-0.05, 0) is 18.4 Å². The molecule has 0 amide bonds. The molecule has 0 saturated carbocycles. The first kappa shape index (κ1) is 21.9. The van der Waals surface area contributed by atoms with E-state index in [-0.39, 0.29) is 17.3 Å². The lowest BCUT2D eigenvalue weighted by molar-refractivity contribution is -0.119. The Bertz CT molecular complexity index is 433. The van der Waals surface area contributed by atoms with Gasteiger partial charge in [-0.15, -0.1) is 0 Å². The lowest BCUT2D eigenvalue weighted by atomic mass is 9.79. The van der Waals surface area contributed by atoms with E-state index in [4.69, 9.17) is 0 Å². The number of ketones is 1. The first-order valence-corrected chi connectivity index (χ1v) is 10.5. The van der Waals surface area contributed by atoms with Crippen LogP contribution in [0.2, 0.25) is 0 Å². The highest BCUT2D eigenvalue weighted by atomic mass is 16.1. The van der Waals surface area contributed by atoms with E-state index >= 15 is 0 Å². The molecule has 0 bridgehead atoms. The van der Waals surface area contributed by atoms with E-state index in [1.807, 2.05) is 12.2 Å². The van der Waals surface area contributed by atoms with Crippen LogP contribution in [0.15, 0.2) is 23.8 Å². The largest absolute Gasteiger partial charge is 0.293 e. The van der Waals surface area contributed by atoms with Gasteiger partial charge in [0.1, 0.15) is 0 Å². The molecule has 25 heavy (non-hydrogen) atoms. The topological polar surface area (TPSA) is 34.1 Å². The maximum absolute atomic E-state index is 12.3. The lowest BCUT2D eigenvalue weighted by Crippen LogP contribution is -2.25. The third kappa shape index (κ3) is 8.65. The van der Waals surface area contributed by atoms with Crippen LogP contribution in [0.1, 0.15) is 97.3 Å². The van der Waals surface area contributed by atoms with Crippen molar-refractivity contribution in [2.75, 3.05) is 0 Å². The molecule has 0 aromatic heterocycles. The van der Waals surface area contributed by atoms with Crippen LogP contribution in [-0.2, 0) is 9.59 Å². The van der Waals surface area contributed by atoms with Gasteiger partial charge in [0.2, 0.25) is 6.29 Å². The van der Waals surface area contributed by atoms with E-state index in [0.717, 1.165) is 12.8 Å². The molecule has 2 nitrogen and oxygen atoms in total. The molecule has 0 aromatic rings. The smallest absolute Gasteiger partial charge is 0.237 e. The molecular formula is C23H37O2. The van der Waals surface area contributed by atoms with Gasteiger partial charge in [0.05, 0.1) is 5.57 Å². The summed E-state index contributed by atoms with van der Waals surface area (Å²) >= 11 is 0. The van der Waals surface area contributed by atoms with Gasteiger partial charge in [-0.3, -0.25) is 9.59 Å². The Kier molecular flexibility index (Phi) is 12.3. The number of allylic oxidation sites excluding steroid dienone is 4. The highest BCUT2D eigenvalue weighted by Crippen LogP contribution is 2.28. The minimum absolute atomic E-state index is 0.0348. The third-order valence-electron chi connectivity index (χ3n) is 5.47. The zero-order valence-electron chi connectivity index (χ0n) is 16.4. The van der Waals surface area contributed by atoms with Crippen LogP contribution in [0.3, 0.4) is 0 Å². The molecule has 0 spiro atoms. The van der Waals surface area contributed by atoms with Gasteiger partial charge < -0.3 is 0 Å². The van der Waals surface area contributed by atoms with E-state index in [9.17, 15) is 9.59 Å². The third-order valence-corrected chi connectivity index (χ3v) is 5.47. The Morgan fingerprint density at radius 1 is 0.920 bits per heavy atom. The second-order valence-electron chi connectivity index (χ2n) is 7.45. The first-order valence-electron chi connectivity index (χ1n) is 10.5. The van der Waals surface area contributed by atoms with Gasteiger partial charge >= 0.3 is 0 Å².